The molecule has 7 heteroatoms. The van der Waals surface area contributed by atoms with Crippen LogP contribution in [0.4, 0.5) is 4.39 Å². The first-order valence-corrected chi connectivity index (χ1v) is 5.67. The molecule has 1 aromatic carbocycles. The van der Waals surface area contributed by atoms with Gasteiger partial charge in [-0.05, 0) is 18.2 Å². The molecule has 0 aliphatic heterocycles. The topological polar surface area (TPSA) is 98.8 Å². The van der Waals surface area contributed by atoms with Crippen molar-refractivity contribution < 1.29 is 14.3 Å². The Morgan fingerprint density at radius 2 is 2.05 bits per heavy atom. The van der Waals surface area contributed by atoms with Gasteiger partial charge in [-0.1, -0.05) is 6.07 Å². The molecule has 0 spiro atoms. The number of H-pyrrole nitrogens is 2. The minimum absolute atomic E-state index is 0.138. The summed E-state index contributed by atoms with van der Waals surface area (Å²) in [6, 6.07) is 6.55. The highest BCUT2D eigenvalue weighted by Gasteiger charge is 2.15. The Morgan fingerprint density at radius 1 is 1.25 bits per heavy atom. The number of hydrogen-bond acceptors (Lipinski definition) is 3. The van der Waals surface area contributed by atoms with E-state index in [0.29, 0.717) is 5.69 Å². The molecule has 2 aromatic heterocycles. The second kappa shape index (κ2) is 4.30. The van der Waals surface area contributed by atoms with Crippen molar-refractivity contribution in [1.82, 2.24) is 15.0 Å². The van der Waals surface area contributed by atoms with Crippen LogP contribution >= 0.6 is 0 Å². The maximum Gasteiger partial charge on any atom is 0.338 e. The summed E-state index contributed by atoms with van der Waals surface area (Å²) in [6.07, 6.45) is 0. The van der Waals surface area contributed by atoms with Gasteiger partial charge in [0.25, 0.3) is 0 Å². The number of benzene rings is 1. The molecule has 3 N–H and O–H groups in total. The quantitative estimate of drug-likeness (QED) is 0.662. The Hall–Kier alpha value is -2.96. The van der Waals surface area contributed by atoms with Crippen LogP contribution < -0.4 is 5.56 Å². The Kier molecular flexibility index (Phi) is 2.60. The van der Waals surface area contributed by atoms with Crippen LogP contribution in [0.2, 0.25) is 0 Å². The zero-order valence-corrected chi connectivity index (χ0v) is 9.98. The van der Waals surface area contributed by atoms with Gasteiger partial charge in [-0.15, -0.1) is 0 Å². The van der Waals surface area contributed by atoms with Gasteiger partial charge in [-0.2, -0.15) is 0 Å². The predicted molar refractivity (Wildman–Crippen MR) is 69.1 cm³/mol. The number of aromatic nitrogens is 3. The summed E-state index contributed by atoms with van der Waals surface area (Å²) in [4.78, 5) is 31.8. The highest BCUT2D eigenvalue weighted by Crippen LogP contribution is 2.22. The molecule has 0 fully saturated rings. The summed E-state index contributed by atoms with van der Waals surface area (Å²) >= 11 is 0. The molecule has 0 bridgehead atoms. The van der Waals surface area contributed by atoms with Crippen molar-refractivity contribution in [1.29, 1.82) is 0 Å². The Morgan fingerprint density at radius 3 is 2.75 bits per heavy atom. The third-order valence-electron chi connectivity index (χ3n) is 2.81. The Balaban J connectivity index is 2.28. The number of nitrogens with one attached hydrogen (secondary N) is 2. The molecule has 0 atom stereocenters. The second-order valence-corrected chi connectivity index (χ2v) is 4.17. The smallest absolute Gasteiger partial charge is 0.338 e. The first-order chi connectivity index (χ1) is 9.54. The van der Waals surface area contributed by atoms with Gasteiger partial charge in [-0.25, -0.2) is 14.2 Å². The van der Waals surface area contributed by atoms with E-state index in [1.54, 1.807) is 12.1 Å². The molecule has 3 aromatic rings. The van der Waals surface area contributed by atoms with Crippen LogP contribution in [0.1, 0.15) is 10.4 Å². The zero-order chi connectivity index (χ0) is 14.3. The van der Waals surface area contributed by atoms with Gasteiger partial charge >= 0.3 is 5.97 Å². The fraction of sp³-hybridized carbons (Fsp3) is 0. The van der Waals surface area contributed by atoms with Crippen molar-refractivity contribution in [3.8, 4) is 11.5 Å². The van der Waals surface area contributed by atoms with E-state index in [1.807, 2.05) is 0 Å². The van der Waals surface area contributed by atoms with Gasteiger partial charge in [-0.3, -0.25) is 4.79 Å². The lowest BCUT2D eigenvalue weighted by Gasteiger charge is -1.95. The average Bonchev–Trinajstić information content (AvgIpc) is 2.81. The molecule has 0 amide bonds. The lowest BCUT2D eigenvalue weighted by Crippen LogP contribution is -2.04. The van der Waals surface area contributed by atoms with Gasteiger partial charge in [0.05, 0.1) is 16.8 Å². The van der Waals surface area contributed by atoms with Crippen molar-refractivity contribution in [3.63, 3.8) is 0 Å². The molecular weight excluding hydrogens is 265 g/mol. The molecule has 0 unspecified atom stereocenters. The van der Waals surface area contributed by atoms with Crippen molar-refractivity contribution in [2.24, 2.45) is 0 Å². The number of fused-ring (bicyclic) bond motifs is 1. The van der Waals surface area contributed by atoms with Crippen molar-refractivity contribution in [2.75, 3.05) is 0 Å². The molecular formula is C13H8FN3O3. The highest BCUT2D eigenvalue weighted by molar-refractivity contribution is 6.01. The predicted octanol–water partition coefficient (Wildman–Crippen LogP) is 1.76. The van der Waals surface area contributed by atoms with E-state index in [-0.39, 0.29) is 28.0 Å². The van der Waals surface area contributed by atoms with Gasteiger partial charge in [0.1, 0.15) is 11.3 Å². The van der Waals surface area contributed by atoms with Crippen molar-refractivity contribution in [3.05, 3.63) is 52.1 Å². The second-order valence-electron chi connectivity index (χ2n) is 4.17. The number of nitrogens with zero attached hydrogens (tertiary/aromatic N) is 1. The molecule has 100 valence electrons. The van der Waals surface area contributed by atoms with E-state index in [0.717, 1.165) is 12.1 Å². The number of imidazole rings is 1. The number of carboxylic acid groups (broad SMARTS) is 1. The van der Waals surface area contributed by atoms with E-state index in [1.165, 1.54) is 6.07 Å². The normalized spacial score (nSPS) is 10.8. The maximum absolute atomic E-state index is 13.4. The SMILES string of the molecule is O=C(O)c1cc(F)cc2[nH]c(-c3cccc(=O)[nH]3)nc12. The molecule has 0 saturated carbocycles. The van der Waals surface area contributed by atoms with E-state index in [2.05, 4.69) is 15.0 Å². The van der Waals surface area contributed by atoms with Crippen LogP contribution in [0.3, 0.4) is 0 Å². The molecule has 0 aliphatic rings. The van der Waals surface area contributed by atoms with Crippen molar-refractivity contribution >= 4 is 17.0 Å². The number of carbonyl (C=O) groups is 1. The van der Waals surface area contributed by atoms with Gasteiger partial charge < -0.3 is 15.1 Å². The van der Waals surface area contributed by atoms with Crippen LogP contribution in [-0.4, -0.2) is 26.0 Å². The lowest BCUT2D eigenvalue weighted by molar-refractivity contribution is 0.0698. The monoisotopic (exact) mass is 273 g/mol. The van der Waals surface area contributed by atoms with Crippen LogP contribution in [0.25, 0.3) is 22.6 Å². The lowest BCUT2D eigenvalue weighted by atomic mass is 10.2. The van der Waals surface area contributed by atoms with Crippen LogP contribution in [0.5, 0.6) is 0 Å². The molecule has 3 rings (SSSR count). The van der Waals surface area contributed by atoms with Crippen LogP contribution in [0, 0.1) is 5.82 Å². The molecule has 0 aliphatic carbocycles. The fourth-order valence-electron chi connectivity index (χ4n) is 1.96. The zero-order valence-electron chi connectivity index (χ0n) is 9.98. The first-order valence-electron chi connectivity index (χ1n) is 5.67. The van der Waals surface area contributed by atoms with Gasteiger partial charge in [0, 0.05) is 6.07 Å². The third-order valence-corrected chi connectivity index (χ3v) is 2.81. The minimum atomic E-state index is -1.27. The average molecular weight is 273 g/mol. The summed E-state index contributed by atoms with van der Waals surface area (Å²) in [5, 5.41) is 9.05. The molecule has 0 saturated heterocycles. The number of carboxylic acids is 1. The molecule has 0 radical (unpaired) electrons. The molecule has 2 heterocycles. The number of pyridine rings is 1. The summed E-state index contributed by atoms with van der Waals surface area (Å²) < 4.78 is 13.4. The van der Waals surface area contributed by atoms with E-state index < -0.39 is 11.8 Å². The third kappa shape index (κ3) is 1.95. The largest absolute Gasteiger partial charge is 0.478 e. The van der Waals surface area contributed by atoms with Crippen LogP contribution in [-0.2, 0) is 0 Å². The Bertz CT molecular complexity index is 882. The number of rotatable bonds is 2. The fourth-order valence-corrected chi connectivity index (χ4v) is 1.96. The summed E-state index contributed by atoms with van der Waals surface area (Å²) in [7, 11) is 0. The van der Waals surface area contributed by atoms with Gasteiger partial charge in [0.15, 0.2) is 5.82 Å². The van der Waals surface area contributed by atoms with E-state index in [4.69, 9.17) is 5.11 Å². The summed E-state index contributed by atoms with van der Waals surface area (Å²) in [5.41, 5.74) is 0.236. The summed E-state index contributed by atoms with van der Waals surface area (Å²) in [6.45, 7) is 0. The molecule has 20 heavy (non-hydrogen) atoms. The molecule has 6 nitrogen and oxygen atoms in total. The number of aromatic amines is 2. The van der Waals surface area contributed by atoms with Crippen molar-refractivity contribution in [2.45, 2.75) is 0 Å². The number of hydrogen-bond donors (Lipinski definition) is 3. The van der Waals surface area contributed by atoms with E-state index in [9.17, 15) is 14.0 Å². The first kappa shape index (κ1) is 12.1. The standard InChI is InChI=1S/C13H8FN3O3/c14-6-4-7(13(19)20)11-9(5-6)16-12(17-11)8-2-1-3-10(18)15-8/h1-5H,(H,15,18)(H,16,17)(H,19,20). The summed E-state index contributed by atoms with van der Waals surface area (Å²) in [5.74, 6) is -1.67. The number of aromatic carboxylic acids is 1. The Labute approximate surface area is 110 Å². The minimum Gasteiger partial charge on any atom is -0.478 e. The maximum atomic E-state index is 13.4. The van der Waals surface area contributed by atoms with E-state index >= 15 is 0 Å². The van der Waals surface area contributed by atoms with Gasteiger partial charge in [0.2, 0.25) is 5.56 Å². The number of halogens is 1. The highest BCUT2D eigenvalue weighted by atomic mass is 19.1. The van der Waals surface area contributed by atoms with Crippen LogP contribution in [0.15, 0.2) is 35.1 Å².